The smallest absolute Gasteiger partial charge is 0.409 e. The summed E-state index contributed by atoms with van der Waals surface area (Å²) in [6.45, 7) is 0.440. The van der Waals surface area contributed by atoms with Gasteiger partial charge in [-0.3, -0.25) is 5.32 Å². The van der Waals surface area contributed by atoms with Crippen molar-refractivity contribution in [1.82, 2.24) is 0 Å². The lowest BCUT2D eigenvalue weighted by Gasteiger charge is -2.10. The van der Waals surface area contributed by atoms with E-state index in [1.54, 1.807) is 24.3 Å². The van der Waals surface area contributed by atoms with Gasteiger partial charge in [0.1, 0.15) is 6.04 Å². The molecule has 1 atom stereocenters. The number of anilines is 2. The van der Waals surface area contributed by atoms with Crippen LogP contribution in [0, 0.1) is 0 Å². The zero-order valence-corrected chi connectivity index (χ0v) is 8.97. The predicted octanol–water partition coefficient (Wildman–Crippen LogP) is 1.50. The molecule has 1 unspecified atom stereocenters. The molecule has 90 valence electrons. The topological polar surface area (TPSA) is 87.7 Å². The van der Waals surface area contributed by atoms with Crippen LogP contribution in [0.1, 0.15) is 6.42 Å². The van der Waals surface area contributed by atoms with Crippen molar-refractivity contribution in [3.05, 3.63) is 24.3 Å². The molecule has 1 amide bonds. The van der Waals surface area contributed by atoms with Crippen LogP contribution in [0.2, 0.25) is 0 Å². The monoisotopic (exact) mass is 236 g/mol. The average Bonchev–Trinajstić information content (AvgIpc) is 2.67. The molecule has 2 rings (SSSR count). The van der Waals surface area contributed by atoms with Gasteiger partial charge < -0.3 is 15.2 Å². The highest BCUT2D eigenvalue weighted by Crippen LogP contribution is 2.17. The average molecular weight is 236 g/mol. The number of cyclic esters (lactones) is 1. The zero-order valence-electron chi connectivity index (χ0n) is 8.97. The van der Waals surface area contributed by atoms with Gasteiger partial charge in [0, 0.05) is 17.8 Å². The molecule has 0 aromatic heterocycles. The van der Waals surface area contributed by atoms with Crippen molar-refractivity contribution < 1.29 is 19.4 Å². The first-order chi connectivity index (χ1) is 8.15. The number of hydrogen-bond acceptors (Lipinski definition) is 4. The molecule has 0 aliphatic carbocycles. The minimum absolute atomic E-state index is 0.252. The number of carboxylic acid groups (broad SMARTS) is 1. The van der Waals surface area contributed by atoms with Gasteiger partial charge in [0.05, 0.1) is 6.61 Å². The summed E-state index contributed by atoms with van der Waals surface area (Å²) < 4.78 is 4.82. The van der Waals surface area contributed by atoms with E-state index in [2.05, 4.69) is 10.6 Å². The zero-order chi connectivity index (χ0) is 12.3. The molecule has 0 saturated carbocycles. The molecule has 1 heterocycles. The first-order valence-electron chi connectivity index (χ1n) is 5.18. The van der Waals surface area contributed by atoms with Crippen molar-refractivity contribution in [2.45, 2.75) is 12.5 Å². The second-order valence-corrected chi connectivity index (χ2v) is 3.66. The van der Waals surface area contributed by atoms with E-state index in [0.717, 1.165) is 5.69 Å². The van der Waals surface area contributed by atoms with Crippen molar-refractivity contribution in [3.8, 4) is 0 Å². The Balaban J connectivity index is 1.98. The lowest BCUT2D eigenvalue weighted by atomic mass is 10.2. The number of carbonyl (C=O) groups excluding carboxylic acids is 1. The van der Waals surface area contributed by atoms with E-state index in [1.807, 2.05) is 0 Å². The fourth-order valence-electron chi connectivity index (χ4n) is 1.60. The molecule has 0 radical (unpaired) electrons. The van der Waals surface area contributed by atoms with Crippen LogP contribution in [-0.4, -0.2) is 29.8 Å². The maximum Gasteiger partial charge on any atom is 0.409 e. The Hall–Kier alpha value is -2.24. The minimum Gasteiger partial charge on any atom is -0.465 e. The largest absolute Gasteiger partial charge is 0.465 e. The first kappa shape index (κ1) is 11.3. The molecule has 1 aromatic carbocycles. The lowest BCUT2D eigenvalue weighted by Crippen LogP contribution is -2.24. The summed E-state index contributed by atoms with van der Waals surface area (Å²) in [4.78, 5) is 21.6. The van der Waals surface area contributed by atoms with Crippen LogP contribution < -0.4 is 10.6 Å². The van der Waals surface area contributed by atoms with Crippen LogP contribution in [0.5, 0.6) is 0 Å². The third kappa shape index (κ3) is 2.87. The summed E-state index contributed by atoms with van der Waals surface area (Å²) >= 11 is 0. The Labute approximate surface area is 97.6 Å². The Morgan fingerprint density at radius 2 is 1.94 bits per heavy atom. The van der Waals surface area contributed by atoms with Gasteiger partial charge in [-0.15, -0.1) is 0 Å². The molecule has 17 heavy (non-hydrogen) atoms. The highest BCUT2D eigenvalue weighted by molar-refractivity contribution is 5.84. The Morgan fingerprint density at radius 3 is 2.47 bits per heavy atom. The normalized spacial score (nSPS) is 18.6. The van der Waals surface area contributed by atoms with Crippen molar-refractivity contribution in [3.63, 3.8) is 0 Å². The number of hydrogen-bond donors (Lipinski definition) is 3. The van der Waals surface area contributed by atoms with Crippen LogP contribution in [0.25, 0.3) is 0 Å². The van der Waals surface area contributed by atoms with Gasteiger partial charge in [-0.2, -0.15) is 0 Å². The summed E-state index contributed by atoms with van der Waals surface area (Å²) in [7, 11) is 0. The van der Waals surface area contributed by atoms with Gasteiger partial charge in [0.2, 0.25) is 0 Å². The summed E-state index contributed by atoms with van der Waals surface area (Å²) in [6.07, 6.45) is -0.460. The van der Waals surface area contributed by atoms with Crippen LogP contribution in [-0.2, 0) is 9.53 Å². The van der Waals surface area contributed by atoms with Crippen LogP contribution in [0.15, 0.2) is 24.3 Å². The molecule has 3 N–H and O–H groups in total. The molecule has 1 aromatic rings. The number of ether oxygens (including phenoxy) is 1. The van der Waals surface area contributed by atoms with Gasteiger partial charge >= 0.3 is 12.1 Å². The highest BCUT2D eigenvalue weighted by atomic mass is 16.5. The van der Waals surface area contributed by atoms with Crippen LogP contribution in [0.3, 0.4) is 0 Å². The van der Waals surface area contributed by atoms with E-state index in [0.29, 0.717) is 18.7 Å². The highest BCUT2D eigenvalue weighted by Gasteiger charge is 2.25. The molecule has 1 saturated heterocycles. The summed E-state index contributed by atoms with van der Waals surface area (Å²) in [6, 6.07) is 6.34. The van der Waals surface area contributed by atoms with Gasteiger partial charge in [0.25, 0.3) is 0 Å². The van der Waals surface area contributed by atoms with Gasteiger partial charge in [-0.05, 0) is 24.3 Å². The molecule has 1 fully saturated rings. The predicted molar refractivity (Wildman–Crippen MR) is 61.1 cm³/mol. The van der Waals surface area contributed by atoms with E-state index in [9.17, 15) is 9.59 Å². The molecule has 6 nitrogen and oxygen atoms in total. The van der Waals surface area contributed by atoms with Crippen molar-refractivity contribution >= 4 is 23.4 Å². The second kappa shape index (κ2) is 4.73. The number of rotatable bonds is 3. The SMILES string of the molecule is O=C(O)Nc1ccc(NC2CCOC2=O)cc1. The fourth-order valence-corrected chi connectivity index (χ4v) is 1.60. The number of benzene rings is 1. The lowest BCUT2D eigenvalue weighted by molar-refractivity contribution is -0.138. The number of nitrogens with one attached hydrogen (secondary N) is 2. The molecular formula is C11H12N2O4. The Morgan fingerprint density at radius 1 is 1.29 bits per heavy atom. The van der Waals surface area contributed by atoms with Gasteiger partial charge in [-0.1, -0.05) is 0 Å². The number of amides is 1. The summed E-state index contributed by atoms with van der Waals surface area (Å²) in [5.41, 5.74) is 1.24. The van der Waals surface area contributed by atoms with Crippen molar-refractivity contribution in [1.29, 1.82) is 0 Å². The molecule has 6 heteroatoms. The standard InChI is InChI=1S/C11H12N2O4/c14-10-9(5-6-17-10)12-7-1-3-8(4-2-7)13-11(15)16/h1-4,9,12-13H,5-6H2,(H,15,16). The number of esters is 1. The maximum absolute atomic E-state index is 11.2. The Bertz CT molecular complexity index is 430. The van der Waals surface area contributed by atoms with Gasteiger partial charge in [0.15, 0.2) is 0 Å². The molecule has 0 bridgehead atoms. The summed E-state index contributed by atoms with van der Waals surface area (Å²) in [5, 5.41) is 13.8. The maximum atomic E-state index is 11.2. The third-order valence-electron chi connectivity index (χ3n) is 2.41. The van der Waals surface area contributed by atoms with E-state index in [4.69, 9.17) is 9.84 Å². The molecule has 1 aliphatic rings. The third-order valence-corrected chi connectivity index (χ3v) is 2.41. The van der Waals surface area contributed by atoms with Crippen molar-refractivity contribution in [2.24, 2.45) is 0 Å². The van der Waals surface area contributed by atoms with Crippen LogP contribution >= 0.6 is 0 Å². The second-order valence-electron chi connectivity index (χ2n) is 3.66. The minimum atomic E-state index is -1.11. The van der Waals surface area contributed by atoms with Crippen LogP contribution in [0.4, 0.5) is 16.2 Å². The quantitative estimate of drug-likeness (QED) is 0.692. The van der Waals surface area contributed by atoms with E-state index in [-0.39, 0.29) is 12.0 Å². The van der Waals surface area contributed by atoms with E-state index < -0.39 is 6.09 Å². The number of carbonyl (C=O) groups is 2. The Kier molecular flexibility index (Phi) is 3.13. The van der Waals surface area contributed by atoms with E-state index in [1.165, 1.54) is 0 Å². The fraction of sp³-hybridized carbons (Fsp3) is 0.273. The van der Waals surface area contributed by atoms with E-state index >= 15 is 0 Å². The molecular weight excluding hydrogens is 224 g/mol. The molecule has 0 spiro atoms. The molecule has 1 aliphatic heterocycles. The first-order valence-corrected chi connectivity index (χ1v) is 5.18. The van der Waals surface area contributed by atoms with Gasteiger partial charge in [-0.25, -0.2) is 9.59 Å². The van der Waals surface area contributed by atoms with Crippen molar-refractivity contribution in [2.75, 3.05) is 17.2 Å². The summed E-state index contributed by atoms with van der Waals surface area (Å²) in [5.74, 6) is -0.252.